The van der Waals surface area contributed by atoms with E-state index < -0.39 is 66.0 Å². The lowest BCUT2D eigenvalue weighted by atomic mass is 10.1. The van der Waals surface area contributed by atoms with E-state index in [9.17, 15) is 28.8 Å². The zero-order valence-corrected chi connectivity index (χ0v) is 32.2. The lowest BCUT2D eigenvalue weighted by Gasteiger charge is -2.03. The third-order valence-electron chi connectivity index (χ3n) is 6.61. The Morgan fingerprint density at radius 1 is 0.309 bits per heavy atom. The van der Waals surface area contributed by atoms with Crippen molar-refractivity contribution in [3.05, 3.63) is 0 Å². The minimum atomic E-state index is -0.968. The lowest BCUT2D eigenvalue weighted by Crippen LogP contribution is -2.29. The highest BCUT2D eigenvalue weighted by Gasteiger charge is 2.12. The van der Waals surface area contributed by atoms with E-state index in [1.807, 2.05) is 0 Å². The summed E-state index contributed by atoms with van der Waals surface area (Å²) < 4.78 is 0. The van der Waals surface area contributed by atoms with Crippen LogP contribution in [0.1, 0.15) is 96.3 Å². The van der Waals surface area contributed by atoms with Crippen molar-refractivity contribution in [2.24, 2.45) is 63.1 Å². The molecule has 23 nitrogen and oxygen atoms in total. The molecule has 0 heterocycles. The van der Waals surface area contributed by atoms with Crippen molar-refractivity contribution in [2.45, 2.75) is 127 Å². The number of carbonyl (C=O) groups is 6. The molecule has 55 heavy (non-hydrogen) atoms. The Morgan fingerprint density at radius 3 is 0.509 bits per heavy atom. The Balaban J connectivity index is -0.000000132. The Labute approximate surface area is 324 Å². The molecule has 0 saturated carbocycles. The molecule has 0 aliphatic carbocycles. The van der Waals surface area contributed by atoms with Crippen LogP contribution >= 0.6 is 0 Å². The summed E-state index contributed by atoms with van der Waals surface area (Å²) in [5.41, 5.74) is 56.7. The summed E-state index contributed by atoms with van der Waals surface area (Å²) in [6, 6.07) is -3.58. The summed E-state index contributed by atoms with van der Waals surface area (Å²) in [6.07, 6.45) is 10.8. The number of unbranched alkanes of at least 4 members (excludes halogenated alkanes) is 5. The summed E-state index contributed by atoms with van der Waals surface area (Å²) in [7, 11) is 0. The Kier molecular flexibility index (Phi) is 55.7. The van der Waals surface area contributed by atoms with E-state index in [4.69, 9.17) is 88.0 Å². The van der Waals surface area contributed by atoms with Gasteiger partial charge in [-0.2, -0.15) is 0 Å². The molecule has 0 fully saturated rings. The number of hydrogen-bond acceptors (Lipinski definition) is 17. The summed E-state index contributed by atoms with van der Waals surface area (Å²) >= 11 is 0. The number of aliphatic carboxylic acids is 6. The molecule has 0 aromatic rings. The van der Waals surface area contributed by atoms with Gasteiger partial charge in [0.25, 0.3) is 0 Å². The quantitative estimate of drug-likeness (QED) is 0.0380. The second kappa shape index (κ2) is 48.4. The summed E-state index contributed by atoms with van der Waals surface area (Å²) in [5, 5.41) is 49.2. The maximum absolute atomic E-state index is 10.1. The lowest BCUT2D eigenvalue weighted by molar-refractivity contribution is -0.139. The van der Waals surface area contributed by atoms with Gasteiger partial charge in [-0.25, -0.2) is 0 Å². The average Bonchev–Trinajstić information content (AvgIpc) is 3.13. The van der Waals surface area contributed by atoms with Crippen molar-refractivity contribution in [1.29, 1.82) is 0 Å². The minimum Gasteiger partial charge on any atom is -0.480 e. The molecule has 0 aromatic carbocycles. The zero-order chi connectivity index (χ0) is 44.2. The molecule has 330 valence electrons. The van der Waals surface area contributed by atoms with E-state index in [0.29, 0.717) is 64.8 Å². The van der Waals surface area contributed by atoms with E-state index in [1.54, 1.807) is 0 Å². The Bertz CT molecular complexity index is 790. The SMILES string of the molecule is NCC(=O)O.NCCCCC(N)C(=O)O.NCCCCC(N)C(=O)O.NCCCCC(N)C(=O)O.NCCCCC(N)C(=O)O.NCCCCC(N)C(=O)O. The molecule has 5 unspecified atom stereocenters. The van der Waals surface area contributed by atoms with Crippen LogP contribution < -0.4 is 63.1 Å². The first kappa shape index (κ1) is 63.3. The molecule has 0 aliphatic heterocycles. The van der Waals surface area contributed by atoms with Crippen molar-refractivity contribution >= 4 is 35.8 Å². The highest BCUT2D eigenvalue weighted by atomic mass is 16.4. The highest BCUT2D eigenvalue weighted by molar-refractivity contribution is 5.74. The molecule has 28 N–H and O–H groups in total. The van der Waals surface area contributed by atoms with Crippen LogP contribution in [0.25, 0.3) is 0 Å². The number of rotatable bonds is 26. The zero-order valence-electron chi connectivity index (χ0n) is 32.2. The van der Waals surface area contributed by atoms with Gasteiger partial charge < -0.3 is 93.7 Å². The average molecular weight is 806 g/mol. The van der Waals surface area contributed by atoms with Crippen LogP contribution in [0.4, 0.5) is 0 Å². The van der Waals surface area contributed by atoms with E-state index in [-0.39, 0.29) is 6.54 Å². The van der Waals surface area contributed by atoms with Gasteiger partial charge in [-0.05, 0) is 96.9 Å². The van der Waals surface area contributed by atoms with Crippen LogP contribution in [0.2, 0.25) is 0 Å². The number of hydrogen-bond donors (Lipinski definition) is 17. The van der Waals surface area contributed by atoms with Gasteiger partial charge >= 0.3 is 35.8 Å². The topological polar surface area (TPSA) is 510 Å². The molecular weight excluding hydrogens is 730 g/mol. The molecule has 0 spiro atoms. The molecule has 23 heteroatoms. The third-order valence-corrected chi connectivity index (χ3v) is 6.61. The van der Waals surface area contributed by atoms with Crippen molar-refractivity contribution in [1.82, 2.24) is 0 Å². The van der Waals surface area contributed by atoms with Crippen LogP contribution in [0, 0.1) is 0 Å². The van der Waals surface area contributed by atoms with Crippen LogP contribution in [-0.2, 0) is 28.8 Å². The van der Waals surface area contributed by atoms with Gasteiger partial charge in [0.15, 0.2) is 0 Å². The van der Waals surface area contributed by atoms with Crippen molar-refractivity contribution in [3.8, 4) is 0 Å². The van der Waals surface area contributed by atoms with Crippen LogP contribution in [-0.4, -0.2) is 136 Å². The van der Waals surface area contributed by atoms with Gasteiger partial charge in [0.05, 0.1) is 6.54 Å². The van der Waals surface area contributed by atoms with Gasteiger partial charge in [-0.15, -0.1) is 0 Å². The second-order valence-corrected chi connectivity index (χ2v) is 11.7. The van der Waals surface area contributed by atoms with Gasteiger partial charge in [-0.1, -0.05) is 32.1 Å². The van der Waals surface area contributed by atoms with Crippen LogP contribution in [0.5, 0.6) is 0 Å². The maximum atomic E-state index is 10.1. The molecule has 0 radical (unpaired) electrons. The molecule has 5 atom stereocenters. The fraction of sp³-hybridized carbons (Fsp3) is 0.812. The number of carboxylic acid groups (broad SMARTS) is 6. The van der Waals surface area contributed by atoms with Crippen LogP contribution in [0.15, 0.2) is 0 Å². The summed E-state index contributed by atoms with van der Waals surface area (Å²) in [5.74, 6) is -5.63. The molecular formula is C32H75N11O12. The molecule has 0 aromatic heterocycles. The van der Waals surface area contributed by atoms with Crippen LogP contribution in [0.3, 0.4) is 0 Å². The molecule has 0 rings (SSSR count). The Hall–Kier alpha value is -3.62. The standard InChI is InChI=1S/5C6H14N2O2.C2H5NO2/c5*7-4-2-1-3-5(8)6(9)10;3-1-2(4)5/h5*5H,1-4,7-8H2,(H,9,10);1,3H2,(H,4,5). The van der Waals surface area contributed by atoms with Gasteiger partial charge in [-0.3, -0.25) is 28.8 Å². The monoisotopic (exact) mass is 806 g/mol. The van der Waals surface area contributed by atoms with Crippen molar-refractivity contribution in [3.63, 3.8) is 0 Å². The van der Waals surface area contributed by atoms with E-state index >= 15 is 0 Å². The molecule has 0 amide bonds. The maximum Gasteiger partial charge on any atom is 0.320 e. The van der Waals surface area contributed by atoms with Crippen molar-refractivity contribution in [2.75, 3.05) is 39.3 Å². The largest absolute Gasteiger partial charge is 0.480 e. The summed E-state index contributed by atoms with van der Waals surface area (Å²) in [6.45, 7) is 2.74. The van der Waals surface area contributed by atoms with Gasteiger partial charge in [0.1, 0.15) is 30.2 Å². The van der Waals surface area contributed by atoms with E-state index in [0.717, 1.165) is 64.2 Å². The third kappa shape index (κ3) is 62.7. The number of nitrogens with two attached hydrogens (primary N) is 11. The Morgan fingerprint density at radius 2 is 0.436 bits per heavy atom. The first-order valence-corrected chi connectivity index (χ1v) is 18.0. The van der Waals surface area contributed by atoms with E-state index in [1.165, 1.54) is 0 Å². The first-order valence-electron chi connectivity index (χ1n) is 18.0. The molecule has 0 bridgehead atoms. The minimum absolute atomic E-state index is 0.278. The van der Waals surface area contributed by atoms with Gasteiger partial charge in [0.2, 0.25) is 0 Å². The predicted octanol–water partition coefficient (Wildman–Crippen LogP) is -3.33. The highest BCUT2D eigenvalue weighted by Crippen LogP contribution is 1.99. The summed E-state index contributed by atoms with van der Waals surface area (Å²) in [4.78, 5) is 59.9. The van der Waals surface area contributed by atoms with E-state index in [2.05, 4.69) is 5.73 Å². The molecule has 0 aliphatic rings. The first-order chi connectivity index (χ1) is 25.7. The van der Waals surface area contributed by atoms with Gasteiger partial charge in [0, 0.05) is 0 Å². The predicted molar refractivity (Wildman–Crippen MR) is 209 cm³/mol. The fourth-order valence-electron chi connectivity index (χ4n) is 3.16. The second-order valence-electron chi connectivity index (χ2n) is 11.7. The molecule has 0 saturated heterocycles. The fourth-order valence-corrected chi connectivity index (χ4v) is 3.16. The number of carboxylic acids is 6. The smallest absolute Gasteiger partial charge is 0.320 e. The normalized spacial score (nSPS) is 12.5. The van der Waals surface area contributed by atoms with Crippen molar-refractivity contribution < 1.29 is 59.4 Å².